The zero-order chi connectivity index (χ0) is 10.4. The van der Waals surface area contributed by atoms with Crippen LogP contribution in [0.25, 0.3) is 0 Å². The molecule has 0 aliphatic carbocycles. The third-order valence-corrected chi connectivity index (χ3v) is 3.83. The second-order valence-electron chi connectivity index (χ2n) is 3.79. The molecule has 1 saturated heterocycles. The summed E-state index contributed by atoms with van der Waals surface area (Å²) in [5, 5.41) is 0. The van der Waals surface area contributed by atoms with Gasteiger partial charge in [0.1, 0.15) is 0 Å². The summed E-state index contributed by atoms with van der Waals surface area (Å²) in [6.45, 7) is 1.72. The maximum atomic E-state index is 10.6. The Morgan fingerprint density at radius 3 is 2.43 bits per heavy atom. The van der Waals surface area contributed by atoms with Crippen molar-refractivity contribution in [2.24, 2.45) is 5.92 Å². The van der Waals surface area contributed by atoms with Gasteiger partial charge in [0.15, 0.2) is 0 Å². The maximum Gasteiger partial charge on any atom is 0.232 e. The third-order valence-electron chi connectivity index (χ3n) is 2.59. The van der Waals surface area contributed by atoms with Gasteiger partial charge in [-0.15, -0.1) is 0 Å². The molecule has 0 atom stereocenters. The lowest BCUT2D eigenvalue weighted by Crippen LogP contribution is -2.15. The highest BCUT2D eigenvalue weighted by molar-refractivity contribution is 8.13. The Balaban J connectivity index is 2.03. The highest BCUT2D eigenvalue weighted by Gasteiger charge is 2.13. The van der Waals surface area contributed by atoms with Crippen LogP contribution in [0, 0.1) is 5.92 Å². The molecule has 0 amide bonds. The molecule has 84 valence electrons. The van der Waals surface area contributed by atoms with Crippen LogP contribution in [-0.4, -0.2) is 27.4 Å². The molecule has 0 aromatic carbocycles. The zero-order valence-electron chi connectivity index (χ0n) is 8.25. The molecular weight excluding hydrogens is 224 g/mol. The molecule has 1 fully saturated rings. The van der Waals surface area contributed by atoms with Crippen molar-refractivity contribution in [3.05, 3.63) is 0 Å². The number of unbranched alkanes of at least 4 members (excludes halogenated alkanes) is 1. The highest BCUT2D eigenvalue weighted by atomic mass is 35.7. The molecule has 0 unspecified atom stereocenters. The first-order chi connectivity index (χ1) is 6.58. The van der Waals surface area contributed by atoms with Crippen molar-refractivity contribution in [3.63, 3.8) is 0 Å². The van der Waals surface area contributed by atoms with Gasteiger partial charge in [-0.05, 0) is 25.2 Å². The normalized spacial score (nSPS) is 19.8. The molecule has 1 rings (SSSR count). The fraction of sp³-hybridized carbons (Fsp3) is 1.00. The summed E-state index contributed by atoms with van der Waals surface area (Å²) in [7, 11) is 1.83. The van der Waals surface area contributed by atoms with Gasteiger partial charge >= 0.3 is 0 Å². The minimum atomic E-state index is -3.28. The van der Waals surface area contributed by atoms with E-state index in [1.807, 2.05) is 0 Å². The summed E-state index contributed by atoms with van der Waals surface area (Å²) in [6, 6.07) is 0. The van der Waals surface area contributed by atoms with E-state index in [2.05, 4.69) is 0 Å². The van der Waals surface area contributed by atoms with E-state index in [1.165, 1.54) is 0 Å². The van der Waals surface area contributed by atoms with Crippen molar-refractivity contribution >= 4 is 19.7 Å². The van der Waals surface area contributed by atoms with Gasteiger partial charge in [-0.1, -0.05) is 12.8 Å². The van der Waals surface area contributed by atoms with Gasteiger partial charge in [0, 0.05) is 23.9 Å². The van der Waals surface area contributed by atoms with E-state index in [0.29, 0.717) is 6.42 Å². The van der Waals surface area contributed by atoms with Gasteiger partial charge in [-0.25, -0.2) is 8.42 Å². The lowest BCUT2D eigenvalue weighted by Gasteiger charge is -2.21. The van der Waals surface area contributed by atoms with E-state index in [-0.39, 0.29) is 5.75 Å². The van der Waals surface area contributed by atoms with Crippen molar-refractivity contribution in [2.75, 3.05) is 19.0 Å². The predicted octanol–water partition coefficient (Wildman–Crippen LogP) is 2.15. The Kier molecular flexibility index (Phi) is 5.20. The minimum Gasteiger partial charge on any atom is -0.381 e. The standard InChI is InChI=1S/C9H17ClO3S/c10-14(11,12)8-2-1-3-9-4-6-13-7-5-9/h9H,1-8H2. The molecule has 1 heterocycles. The van der Waals surface area contributed by atoms with Crippen molar-refractivity contribution in [1.82, 2.24) is 0 Å². The molecular formula is C9H17ClO3S. The number of hydrogen-bond donors (Lipinski definition) is 0. The number of ether oxygens (including phenoxy) is 1. The zero-order valence-corrected chi connectivity index (χ0v) is 9.82. The van der Waals surface area contributed by atoms with Crippen LogP contribution in [0.1, 0.15) is 32.1 Å². The van der Waals surface area contributed by atoms with Gasteiger partial charge in [-0.3, -0.25) is 0 Å². The van der Waals surface area contributed by atoms with E-state index >= 15 is 0 Å². The lowest BCUT2D eigenvalue weighted by atomic mass is 9.94. The molecule has 5 heteroatoms. The largest absolute Gasteiger partial charge is 0.381 e. The van der Waals surface area contributed by atoms with Gasteiger partial charge < -0.3 is 4.74 Å². The van der Waals surface area contributed by atoms with E-state index in [1.54, 1.807) is 0 Å². The van der Waals surface area contributed by atoms with Gasteiger partial charge in [-0.2, -0.15) is 0 Å². The highest BCUT2D eigenvalue weighted by Crippen LogP contribution is 2.21. The molecule has 0 aromatic rings. The molecule has 1 aliphatic rings. The van der Waals surface area contributed by atoms with E-state index in [4.69, 9.17) is 15.4 Å². The van der Waals surface area contributed by atoms with Crippen LogP contribution in [0.4, 0.5) is 0 Å². The van der Waals surface area contributed by atoms with Crippen molar-refractivity contribution in [3.8, 4) is 0 Å². The molecule has 3 nitrogen and oxygen atoms in total. The summed E-state index contributed by atoms with van der Waals surface area (Å²) in [6.07, 6.45) is 4.98. The average molecular weight is 241 g/mol. The average Bonchev–Trinajstić information content (AvgIpc) is 2.13. The van der Waals surface area contributed by atoms with Gasteiger partial charge in [0.2, 0.25) is 9.05 Å². The molecule has 14 heavy (non-hydrogen) atoms. The fourth-order valence-electron chi connectivity index (χ4n) is 1.74. The number of rotatable bonds is 5. The van der Waals surface area contributed by atoms with Crippen LogP contribution in [-0.2, 0) is 13.8 Å². The number of halogens is 1. The van der Waals surface area contributed by atoms with Crippen molar-refractivity contribution in [1.29, 1.82) is 0 Å². The van der Waals surface area contributed by atoms with Crippen LogP contribution in [0.3, 0.4) is 0 Å². The van der Waals surface area contributed by atoms with Crippen LogP contribution in [0.15, 0.2) is 0 Å². The summed E-state index contributed by atoms with van der Waals surface area (Å²) >= 11 is 0. The molecule has 0 N–H and O–H groups in total. The molecule has 0 bridgehead atoms. The molecule has 1 aliphatic heterocycles. The maximum absolute atomic E-state index is 10.6. The first-order valence-electron chi connectivity index (χ1n) is 5.08. The Morgan fingerprint density at radius 1 is 1.21 bits per heavy atom. The quantitative estimate of drug-likeness (QED) is 0.546. The summed E-state index contributed by atoms with van der Waals surface area (Å²) in [4.78, 5) is 0. The van der Waals surface area contributed by atoms with Gasteiger partial charge in [0.05, 0.1) is 5.75 Å². The molecule has 0 radical (unpaired) electrons. The Hall–Kier alpha value is 0.200. The predicted molar refractivity (Wildman–Crippen MR) is 57.0 cm³/mol. The molecule has 0 aromatic heterocycles. The topological polar surface area (TPSA) is 43.4 Å². The molecule has 0 spiro atoms. The summed E-state index contributed by atoms with van der Waals surface area (Å²) in [5.74, 6) is 0.833. The van der Waals surface area contributed by atoms with Crippen LogP contribution in [0.2, 0.25) is 0 Å². The van der Waals surface area contributed by atoms with Crippen LogP contribution in [0.5, 0.6) is 0 Å². The van der Waals surface area contributed by atoms with E-state index < -0.39 is 9.05 Å². The van der Waals surface area contributed by atoms with E-state index in [0.717, 1.165) is 44.8 Å². The van der Waals surface area contributed by atoms with Crippen LogP contribution >= 0.6 is 10.7 Å². The number of hydrogen-bond acceptors (Lipinski definition) is 3. The Bertz CT molecular complexity index is 245. The first-order valence-corrected chi connectivity index (χ1v) is 7.56. The Morgan fingerprint density at radius 2 is 1.86 bits per heavy atom. The van der Waals surface area contributed by atoms with Crippen LogP contribution < -0.4 is 0 Å². The molecule has 0 saturated carbocycles. The first kappa shape index (κ1) is 12.3. The minimum absolute atomic E-state index is 0.109. The smallest absolute Gasteiger partial charge is 0.232 e. The van der Waals surface area contributed by atoms with Crippen molar-refractivity contribution < 1.29 is 13.2 Å². The fourth-order valence-corrected chi connectivity index (χ4v) is 2.62. The second-order valence-corrected chi connectivity index (χ2v) is 6.69. The van der Waals surface area contributed by atoms with Crippen molar-refractivity contribution in [2.45, 2.75) is 32.1 Å². The summed E-state index contributed by atoms with van der Waals surface area (Å²) in [5.41, 5.74) is 0. The third kappa shape index (κ3) is 5.83. The SMILES string of the molecule is O=S(=O)(Cl)CCCCC1CCOCC1. The summed E-state index contributed by atoms with van der Waals surface area (Å²) < 4.78 is 26.5. The van der Waals surface area contributed by atoms with Gasteiger partial charge in [0.25, 0.3) is 0 Å². The lowest BCUT2D eigenvalue weighted by molar-refractivity contribution is 0.0633. The Labute approximate surface area is 90.2 Å². The second kappa shape index (κ2) is 5.93. The van der Waals surface area contributed by atoms with E-state index in [9.17, 15) is 8.42 Å². The monoisotopic (exact) mass is 240 g/mol.